The monoisotopic (exact) mass is 296 g/mol. The van der Waals surface area contributed by atoms with Gasteiger partial charge in [0.15, 0.2) is 5.03 Å². The second-order valence-electron chi connectivity index (χ2n) is 5.12. The third-order valence-electron chi connectivity index (χ3n) is 3.44. The molecule has 108 valence electrons. The van der Waals surface area contributed by atoms with Gasteiger partial charge >= 0.3 is 0 Å². The summed E-state index contributed by atoms with van der Waals surface area (Å²) in [4.78, 5) is 4.02. The Morgan fingerprint density at radius 1 is 1.40 bits per heavy atom. The summed E-state index contributed by atoms with van der Waals surface area (Å²) in [7, 11) is -3.56. The van der Waals surface area contributed by atoms with Crippen molar-refractivity contribution in [2.45, 2.75) is 37.9 Å². The van der Waals surface area contributed by atoms with E-state index in [-0.39, 0.29) is 17.6 Å². The standard InChI is InChI=1S/C12H16N4O3S/c1-9(2)15-7-12(13-8-15)20(17,18)16-4-3-11-10(6-16)5-14-19-11/h5,7-9H,3-4,6H2,1-2H3. The molecule has 0 saturated carbocycles. The Balaban J connectivity index is 1.89. The van der Waals surface area contributed by atoms with Gasteiger partial charge in [0.25, 0.3) is 10.0 Å². The molecule has 0 amide bonds. The third-order valence-corrected chi connectivity index (χ3v) is 5.17. The molecular weight excluding hydrogens is 280 g/mol. The van der Waals surface area contributed by atoms with Gasteiger partial charge in [-0.3, -0.25) is 0 Å². The summed E-state index contributed by atoms with van der Waals surface area (Å²) in [5.41, 5.74) is 0.822. The van der Waals surface area contributed by atoms with Gasteiger partial charge < -0.3 is 9.09 Å². The van der Waals surface area contributed by atoms with Crippen LogP contribution in [0.25, 0.3) is 0 Å². The Morgan fingerprint density at radius 2 is 2.20 bits per heavy atom. The molecule has 7 nitrogen and oxygen atoms in total. The topological polar surface area (TPSA) is 81.2 Å². The van der Waals surface area contributed by atoms with Crippen molar-refractivity contribution in [1.82, 2.24) is 19.0 Å². The largest absolute Gasteiger partial charge is 0.361 e. The zero-order valence-corrected chi connectivity index (χ0v) is 12.2. The van der Waals surface area contributed by atoms with Crippen LogP contribution in [-0.2, 0) is 23.0 Å². The van der Waals surface area contributed by atoms with Crippen LogP contribution < -0.4 is 0 Å². The van der Waals surface area contributed by atoms with Gasteiger partial charge in [-0.25, -0.2) is 13.4 Å². The van der Waals surface area contributed by atoms with Crippen molar-refractivity contribution in [2.24, 2.45) is 0 Å². The zero-order chi connectivity index (χ0) is 14.3. The molecule has 3 heterocycles. The number of fused-ring (bicyclic) bond motifs is 1. The highest BCUT2D eigenvalue weighted by Gasteiger charge is 2.31. The second-order valence-corrected chi connectivity index (χ2v) is 7.00. The van der Waals surface area contributed by atoms with Gasteiger partial charge in [-0.05, 0) is 13.8 Å². The Labute approximate surface area is 117 Å². The molecule has 20 heavy (non-hydrogen) atoms. The number of sulfonamides is 1. The number of rotatable bonds is 3. The Kier molecular flexibility index (Phi) is 3.14. The minimum Gasteiger partial charge on any atom is -0.361 e. The van der Waals surface area contributed by atoms with Crippen LogP contribution in [0, 0.1) is 0 Å². The lowest BCUT2D eigenvalue weighted by atomic mass is 10.1. The Bertz CT molecular complexity index is 717. The van der Waals surface area contributed by atoms with E-state index in [1.165, 1.54) is 4.31 Å². The van der Waals surface area contributed by atoms with Gasteiger partial charge in [0.1, 0.15) is 5.76 Å². The maximum absolute atomic E-state index is 12.6. The van der Waals surface area contributed by atoms with Crippen molar-refractivity contribution in [3.05, 3.63) is 30.0 Å². The summed E-state index contributed by atoms with van der Waals surface area (Å²) in [5.74, 6) is 0.768. The van der Waals surface area contributed by atoms with Crippen LogP contribution in [0.4, 0.5) is 0 Å². The molecule has 0 atom stereocenters. The first-order valence-electron chi connectivity index (χ1n) is 6.44. The molecule has 0 fully saturated rings. The molecule has 0 aliphatic carbocycles. The van der Waals surface area contributed by atoms with Crippen LogP contribution in [0.3, 0.4) is 0 Å². The summed E-state index contributed by atoms with van der Waals surface area (Å²) in [6, 6.07) is 0.178. The summed E-state index contributed by atoms with van der Waals surface area (Å²) < 4.78 is 33.4. The summed E-state index contributed by atoms with van der Waals surface area (Å²) in [6.07, 6.45) is 5.23. The van der Waals surface area contributed by atoms with Gasteiger partial charge in [0.05, 0.1) is 12.5 Å². The SMILES string of the molecule is CC(C)n1cnc(S(=O)(=O)N2CCc3oncc3C2)c1. The molecule has 0 saturated heterocycles. The fourth-order valence-electron chi connectivity index (χ4n) is 2.19. The van der Waals surface area contributed by atoms with E-state index >= 15 is 0 Å². The minimum atomic E-state index is -3.56. The van der Waals surface area contributed by atoms with E-state index in [0.717, 1.165) is 11.3 Å². The van der Waals surface area contributed by atoms with E-state index in [0.29, 0.717) is 13.0 Å². The van der Waals surface area contributed by atoms with Crippen molar-refractivity contribution in [2.75, 3.05) is 6.54 Å². The van der Waals surface area contributed by atoms with Crippen LogP contribution in [0.1, 0.15) is 31.2 Å². The fourth-order valence-corrected chi connectivity index (χ4v) is 3.53. The lowest BCUT2D eigenvalue weighted by Gasteiger charge is -2.23. The van der Waals surface area contributed by atoms with Crippen LogP contribution in [0.2, 0.25) is 0 Å². The molecule has 2 aromatic rings. The predicted molar refractivity (Wildman–Crippen MR) is 70.4 cm³/mol. The molecule has 2 aromatic heterocycles. The lowest BCUT2D eigenvalue weighted by Crippen LogP contribution is -2.35. The molecule has 0 radical (unpaired) electrons. The first kappa shape index (κ1) is 13.3. The molecule has 0 unspecified atom stereocenters. The summed E-state index contributed by atoms with van der Waals surface area (Å²) in [5, 5.41) is 3.79. The van der Waals surface area contributed by atoms with Crippen LogP contribution >= 0.6 is 0 Å². The molecule has 8 heteroatoms. The van der Waals surface area contributed by atoms with Gasteiger partial charge in [0, 0.05) is 37.3 Å². The van der Waals surface area contributed by atoms with E-state index < -0.39 is 10.0 Å². The molecule has 0 aromatic carbocycles. The number of aromatic nitrogens is 3. The lowest BCUT2D eigenvalue weighted by molar-refractivity contribution is 0.330. The Morgan fingerprint density at radius 3 is 2.90 bits per heavy atom. The second kappa shape index (κ2) is 4.71. The number of nitrogens with zero attached hydrogens (tertiary/aromatic N) is 4. The van der Waals surface area contributed by atoms with Gasteiger partial charge in [0.2, 0.25) is 0 Å². The first-order valence-corrected chi connectivity index (χ1v) is 7.88. The maximum atomic E-state index is 12.6. The van der Waals surface area contributed by atoms with E-state index in [1.807, 2.05) is 13.8 Å². The maximum Gasteiger partial charge on any atom is 0.262 e. The quantitative estimate of drug-likeness (QED) is 0.850. The number of imidazole rings is 1. The van der Waals surface area contributed by atoms with Crippen molar-refractivity contribution in [3.8, 4) is 0 Å². The average Bonchev–Trinajstić information content (AvgIpc) is 3.07. The average molecular weight is 296 g/mol. The van der Waals surface area contributed by atoms with E-state index in [1.54, 1.807) is 23.3 Å². The predicted octanol–water partition coefficient (Wildman–Crippen LogP) is 1.20. The normalized spacial score (nSPS) is 16.6. The molecular formula is C12H16N4O3S. The molecule has 3 rings (SSSR count). The van der Waals surface area contributed by atoms with Crippen LogP contribution in [-0.4, -0.2) is 34.0 Å². The van der Waals surface area contributed by atoms with Crippen molar-refractivity contribution in [1.29, 1.82) is 0 Å². The highest BCUT2D eigenvalue weighted by Crippen LogP contribution is 2.24. The molecule has 0 bridgehead atoms. The Hall–Kier alpha value is -1.67. The van der Waals surface area contributed by atoms with E-state index in [4.69, 9.17) is 4.52 Å². The minimum absolute atomic E-state index is 0.0890. The van der Waals surface area contributed by atoms with E-state index in [2.05, 4.69) is 10.1 Å². The highest BCUT2D eigenvalue weighted by atomic mass is 32.2. The molecule has 0 spiro atoms. The molecule has 0 N–H and O–H groups in total. The fraction of sp³-hybridized carbons (Fsp3) is 0.500. The van der Waals surface area contributed by atoms with Crippen LogP contribution in [0.15, 0.2) is 28.3 Å². The van der Waals surface area contributed by atoms with Crippen LogP contribution in [0.5, 0.6) is 0 Å². The zero-order valence-electron chi connectivity index (χ0n) is 11.4. The van der Waals surface area contributed by atoms with Crippen molar-refractivity contribution in [3.63, 3.8) is 0 Å². The smallest absolute Gasteiger partial charge is 0.262 e. The van der Waals surface area contributed by atoms with Gasteiger partial charge in [-0.2, -0.15) is 4.31 Å². The third kappa shape index (κ3) is 2.14. The highest BCUT2D eigenvalue weighted by molar-refractivity contribution is 7.89. The van der Waals surface area contributed by atoms with E-state index in [9.17, 15) is 8.42 Å². The first-order chi connectivity index (χ1) is 9.48. The number of hydrogen-bond donors (Lipinski definition) is 0. The van der Waals surface area contributed by atoms with Gasteiger partial charge in [-0.15, -0.1) is 0 Å². The van der Waals surface area contributed by atoms with Crippen molar-refractivity contribution >= 4 is 10.0 Å². The summed E-state index contributed by atoms with van der Waals surface area (Å²) >= 11 is 0. The van der Waals surface area contributed by atoms with Crippen molar-refractivity contribution < 1.29 is 12.9 Å². The van der Waals surface area contributed by atoms with Gasteiger partial charge in [-0.1, -0.05) is 5.16 Å². The molecule has 1 aliphatic rings. The molecule has 1 aliphatic heterocycles. The number of hydrogen-bond acceptors (Lipinski definition) is 5. The summed E-state index contributed by atoms with van der Waals surface area (Å²) in [6.45, 7) is 4.62.